The van der Waals surface area contributed by atoms with E-state index in [0.717, 1.165) is 11.8 Å². The highest BCUT2D eigenvalue weighted by Gasteiger charge is 2.57. The van der Waals surface area contributed by atoms with Gasteiger partial charge >= 0.3 is 11.9 Å². The van der Waals surface area contributed by atoms with Gasteiger partial charge < -0.3 is 20.1 Å². The van der Waals surface area contributed by atoms with Crippen LogP contribution in [0, 0.1) is 5.92 Å². The van der Waals surface area contributed by atoms with E-state index in [9.17, 15) is 24.3 Å². The molecule has 2 rings (SSSR count). The van der Waals surface area contributed by atoms with Crippen molar-refractivity contribution >= 4 is 35.5 Å². The van der Waals surface area contributed by atoms with Crippen LogP contribution in [0.4, 0.5) is 0 Å². The summed E-state index contributed by atoms with van der Waals surface area (Å²) >= 11 is 1.14. The number of fused-ring (bicyclic) bond motifs is 1. The Hall–Kier alpha value is -2.29. The van der Waals surface area contributed by atoms with Crippen LogP contribution in [0.1, 0.15) is 27.2 Å². The summed E-state index contributed by atoms with van der Waals surface area (Å²) < 4.78 is 5.07. The Morgan fingerprint density at radius 2 is 2.08 bits per heavy atom. The fourth-order valence-electron chi connectivity index (χ4n) is 2.92. The van der Waals surface area contributed by atoms with Crippen molar-refractivity contribution in [1.29, 1.82) is 0 Å². The Bertz CT molecular complexity index is 656. The van der Waals surface area contributed by atoms with Crippen LogP contribution in [0.15, 0.2) is 22.2 Å². The molecule has 0 aromatic carbocycles. The van der Waals surface area contributed by atoms with Crippen molar-refractivity contribution < 1.29 is 29.0 Å². The van der Waals surface area contributed by atoms with Gasteiger partial charge in [-0.05, 0) is 12.3 Å². The molecule has 0 spiro atoms. The quantitative estimate of drug-likeness (QED) is 0.536. The number of rotatable bonds is 6. The van der Waals surface area contributed by atoms with E-state index in [1.165, 1.54) is 24.9 Å². The first-order valence-electron chi connectivity index (χ1n) is 7.29. The molecule has 2 amide bonds. The average molecular weight is 354 g/mol. The SMILES string of the molecule is CC(=O)N/C=C/SC1=C(C(=O)O)N2C(=O)[C@@H]([C@H](C)OC(C)=O)[C@H]2C1. The monoisotopic (exact) mass is 354 g/mol. The van der Waals surface area contributed by atoms with Crippen molar-refractivity contribution in [3.05, 3.63) is 22.2 Å². The van der Waals surface area contributed by atoms with E-state index in [2.05, 4.69) is 5.32 Å². The number of hydrogen-bond acceptors (Lipinski definition) is 6. The van der Waals surface area contributed by atoms with Crippen LogP contribution in [0.2, 0.25) is 0 Å². The number of carboxylic acids is 1. The molecule has 0 radical (unpaired) electrons. The number of nitrogens with one attached hydrogen (secondary N) is 1. The molecule has 0 aliphatic carbocycles. The lowest BCUT2D eigenvalue weighted by molar-refractivity contribution is -0.169. The summed E-state index contributed by atoms with van der Waals surface area (Å²) in [6.07, 6.45) is 1.18. The van der Waals surface area contributed by atoms with Crippen LogP contribution >= 0.6 is 11.8 Å². The first-order valence-corrected chi connectivity index (χ1v) is 8.17. The smallest absolute Gasteiger partial charge is 0.353 e. The van der Waals surface area contributed by atoms with Crippen LogP contribution < -0.4 is 5.32 Å². The number of carboxylic acid groups (broad SMARTS) is 1. The van der Waals surface area contributed by atoms with Gasteiger partial charge in [0.2, 0.25) is 11.8 Å². The summed E-state index contributed by atoms with van der Waals surface area (Å²) in [5.74, 6) is -2.79. The minimum absolute atomic E-state index is 0.0475. The fourth-order valence-corrected chi connectivity index (χ4v) is 3.79. The van der Waals surface area contributed by atoms with Crippen molar-refractivity contribution in [2.24, 2.45) is 5.92 Å². The first kappa shape index (κ1) is 18.1. The molecule has 2 aliphatic rings. The van der Waals surface area contributed by atoms with Crippen LogP contribution in [-0.2, 0) is 23.9 Å². The van der Waals surface area contributed by atoms with E-state index < -0.39 is 24.0 Å². The van der Waals surface area contributed by atoms with E-state index in [0.29, 0.717) is 11.3 Å². The highest BCUT2D eigenvalue weighted by atomic mass is 32.2. The first-order chi connectivity index (χ1) is 11.2. The maximum absolute atomic E-state index is 12.3. The van der Waals surface area contributed by atoms with Crippen molar-refractivity contribution in [2.75, 3.05) is 0 Å². The second-order valence-corrected chi connectivity index (χ2v) is 6.52. The molecule has 0 aromatic heterocycles. The van der Waals surface area contributed by atoms with Gasteiger partial charge in [0.15, 0.2) is 0 Å². The maximum Gasteiger partial charge on any atom is 0.353 e. The molecule has 8 nitrogen and oxygen atoms in total. The molecule has 130 valence electrons. The molecule has 1 saturated heterocycles. The van der Waals surface area contributed by atoms with Gasteiger partial charge in [-0.1, -0.05) is 11.8 Å². The number of amides is 2. The summed E-state index contributed by atoms with van der Waals surface area (Å²) in [5, 5.41) is 13.4. The molecule has 0 unspecified atom stereocenters. The topological polar surface area (TPSA) is 113 Å². The second kappa shape index (κ2) is 7.08. The van der Waals surface area contributed by atoms with Gasteiger partial charge in [0.05, 0.1) is 12.0 Å². The maximum atomic E-state index is 12.3. The molecule has 1 fully saturated rings. The van der Waals surface area contributed by atoms with E-state index in [4.69, 9.17) is 4.74 Å². The zero-order chi connectivity index (χ0) is 18.0. The van der Waals surface area contributed by atoms with Crippen LogP contribution in [0.25, 0.3) is 0 Å². The van der Waals surface area contributed by atoms with Crippen LogP contribution in [0.3, 0.4) is 0 Å². The molecule has 3 atom stereocenters. The summed E-state index contributed by atoms with van der Waals surface area (Å²) in [6.45, 7) is 4.25. The van der Waals surface area contributed by atoms with E-state index in [-0.39, 0.29) is 23.6 Å². The number of thioether (sulfide) groups is 1. The largest absolute Gasteiger partial charge is 0.477 e. The Labute approximate surface area is 142 Å². The van der Waals surface area contributed by atoms with Gasteiger partial charge in [-0.3, -0.25) is 14.4 Å². The van der Waals surface area contributed by atoms with Crippen molar-refractivity contribution in [3.63, 3.8) is 0 Å². The second-order valence-electron chi connectivity index (χ2n) is 5.52. The van der Waals surface area contributed by atoms with Crippen molar-refractivity contribution in [3.8, 4) is 0 Å². The fraction of sp³-hybridized carbons (Fsp3) is 0.467. The Balaban J connectivity index is 2.12. The normalized spacial score (nSPS) is 23.8. The van der Waals surface area contributed by atoms with E-state index in [1.54, 1.807) is 12.3 Å². The predicted octanol–water partition coefficient (Wildman–Crippen LogP) is 0.805. The Morgan fingerprint density at radius 3 is 2.62 bits per heavy atom. The third kappa shape index (κ3) is 3.45. The molecule has 0 saturated carbocycles. The minimum Gasteiger partial charge on any atom is -0.477 e. The number of ether oxygens (including phenoxy) is 1. The zero-order valence-corrected chi connectivity index (χ0v) is 14.3. The molecule has 2 heterocycles. The van der Waals surface area contributed by atoms with Crippen molar-refractivity contribution in [1.82, 2.24) is 10.2 Å². The number of β-lactam (4-membered cyclic amide) rings is 1. The van der Waals surface area contributed by atoms with Crippen molar-refractivity contribution in [2.45, 2.75) is 39.3 Å². The van der Waals surface area contributed by atoms with Crippen LogP contribution in [0.5, 0.6) is 0 Å². The third-order valence-electron chi connectivity index (χ3n) is 3.79. The molecule has 2 N–H and O–H groups in total. The van der Waals surface area contributed by atoms with Gasteiger partial charge in [-0.15, -0.1) is 0 Å². The predicted molar refractivity (Wildman–Crippen MR) is 85.2 cm³/mol. The Kier molecular flexibility index (Phi) is 5.33. The molecular weight excluding hydrogens is 336 g/mol. The summed E-state index contributed by atoms with van der Waals surface area (Å²) in [6, 6.07) is -0.324. The average Bonchev–Trinajstić information content (AvgIpc) is 2.77. The summed E-state index contributed by atoms with van der Waals surface area (Å²) in [5.41, 5.74) is -0.0475. The zero-order valence-electron chi connectivity index (χ0n) is 13.4. The van der Waals surface area contributed by atoms with E-state index >= 15 is 0 Å². The number of esters is 1. The molecular formula is C15H18N2O6S. The lowest BCUT2D eigenvalue weighted by Gasteiger charge is -2.45. The molecule has 2 aliphatic heterocycles. The van der Waals surface area contributed by atoms with Crippen LogP contribution in [-0.4, -0.2) is 45.9 Å². The summed E-state index contributed by atoms with van der Waals surface area (Å²) in [7, 11) is 0. The molecule has 0 aromatic rings. The number of nitrogens with zero attached hydrogens (tertiary/aromatic N) is 1. The number of hydrogen-bond donors (Lipinski definition) is 2. The standard InChI is InChI=1S/C15H18N2O6S/c1-7(23-9(3)19)12-10-6-11(24-5-4-16-8(2)18)13(15(21)22)17(10)14(12)20/h4-5,7,10,12H,6H2,1-3H3,(H,16,18)(H,21,22)/b5-4+/t7-,10+,12-/m0/s1. The molecule has 24 heavy (non-hydrogen) atoms. The van der Waals surface area contributed by atoms with Gasteiger partial charge in [-0.2, -0.15) is 0 Å². The van der Waals surface area contributed by atoms with Gasteiger partial charge in [0, 0.05) is 31.4 Å². The molecule has 0 bridgehead atoms. The number of carbonyl (C=O) groups is 4. The van der Waals surface area contributed by atoms with Gasteiger partial charge in [0.25, 0.3) is 0 Å². The van der Waals surface area contributed by atoms with E-state index in [1.807, 2.05) is 0 Å². The van der Waals surface area contributed by atoms with Gasteiger partial charge in [0.1, 0.15) is 11.8 Å². The highest BCUT2D eigenvalue weighted by Crippen LogP contribution is 2.47. The molecule has 9 heteroatoms. The lowest BCUT2D eigenvalue weighted by atomic mass is 9.83. The number of aliphatic carboxylic acids is 1. The summed E-state index contributed by atoms with van der Waals surface area (Å²) in [4.78, 5) is 47.4. The minimum atomic E-state index is -1.18. The highest BCUT2D eigenvalue weighted by molar-refractivity contribution is 8.05. The Morgan fingerprint density at radius 1 is 1.42 bits per heavy atom. The number of carbonyl (C=O) groups excluding carboxylic acids is 3. The third-order valence-corrected chi connectivity index (χ3v) is 4.71. The van der Waals surface area contributed by atoms with Gasteiger partial charge in [-0.25, -0.2) is 4.79 Å². The lowest BCUT2D eigenvalue weighted by Crippen LogP contribution is -2.62.